The van der Waals surface area contributed by atoms with E-state index < -0.39 is 0 Å². The first-order chi connectivity index (χ1) is 8.19. The Morgan fingerprint density at radius 2 is 2.17 bits per heavy atom. The number of carbonyl (C=O) groups is 1. The summed E-state index contributed by atoms with van der Waals surface area (Å²) < 4.78 is 0. The molecule has 100 valence electrons. The van der Waals surface area contributed by atoms with Gasteiger partial charge in [0.25, 0.3) is 0 Å². The van der Waals surface area contributed by atoms with E-state index in [1.165, 1.54) is 0 Å². The summed E-state index contributed by atoms with van der Waals surface area (Å²) in [4.78, 5) is 11.3. The van der Waals surface area contributed by atoms with Crippen molar-refractivity contribution in [2.75, 3.05) is 5.32 Å². The third-order valence-corrected chi connectivity index (χ3v) is 2.70. The van der Waals surface area contributed by atoms with E-state index in [-0.39, 0.29) is 24.4 Å². The number of unbranched alkanes of at least 4 members (excludes halogenated alkanes) is 1. The molecule has 1 atom stereocenters. The van der Waals surface area contributed by atoms with Crippen molar-refractivity contribution in [2.45, 2.75) is 32.2 Å². The van der Waals surface area contributed by atoms with Crippen LogP contribution in [0, 0.1) is 0 Å². The summed E-state index contributed by atoms with van der Waals surface area (Å²) in [7, 11) is 0. The minimum atomic E-state index is -0.309. The topological polar surface area (TPSA) is 55.1 Å². The van der Waals surface area contributed by atoms with Crippen LogP contribution in [0.4, 0.5) is 5.69 Å². The van der Waals surface area contributed by atoms with Crippen LogP contribution in [0.15, 0.2) is 30.8 Å². The first-order valence-electron chi connectivity index (χ1n) is 5.96. The number of hydrogen-bond donors (Lipinski definition) is 2. The van der Waals surface area contributed by atoms with Crippen molar-refractivity contribution in [1.29, 1.82) is 0 Å². The lowest BCUT2D eigenvalue weighted by atomic mass is 10.1. The fraction of sp³-hybridized carbons (Fsp3) is 0.357. The van der Waals surface area contributed by atoms with Crippen molar-refractivity contribution in [3.8, 4) is 0 Å². The molecule has 1 amide bonds. The van der Waals surface area contributed by atoms with Gasteiger partial charge >= 0.3 is 0 Å². The summed E-state index contributed by atoms with van der Waals surface area (Å²) in [5.41, 5.74) is 7.28. The van der Waals surface area contributed by atoms with Crippen LogP contribution < -0.4 is 11.1 Å². The Morgan fingerprint density at radius 1 is 1.50 bits per heavy atom. The summed E-state index contributed by atoms with van der Waals surface area (Å²) >= 11 is 0. The molecule has 3 nitrogen and oxygen atoms in total. The standard InChI is InChI=1S/C14H20N2O.ClH/c1-3-5-9-13(14(15)17)16-12-10-7-6-8-11(12)4-2;/h4,6-8,10,13,16H,2-3,5,9H2,1H3,(H2,15,17);1H. The predicted molar refractivity (Wildman–Crippen MR) is 79.9 cm³/mol. The third-order valence-electron chi connectivity index (χ3n) is 2.70. The van der Waals surface area contributed by atoms with Crippen molar-refractivity contribution in [1.82, 2.24) is 0 Å². The Morgan fingerprint density at radius 3 is 2.72 bits per heavy atom. The highest BCUT2D eigenvalue weighted by Gasteiger charge is 2.14. The number of benzene rings is 1. The van der Waals surface area contributed by atoms with Crippen LogP contribution in [0.25, 0.3) is 6.08 Å². The summed E-state index contributed by atoms with van der Waals surface area (Å²) in [6.45, 7) is 5.84. The molecule has 0 aliphatic carbocycles. The fourth-order valence-corrected chi connectivity index (χ4v) is 1.69. The maximum absolute atomic E-state index is 11.3. The zero-order chi connectivity index (χ0) is 12.7. The maximum atomic E-state index is 11.3. The Labute approximate surface area is 115 Å². The van der Waals surface area contributed by atoms with Crippen molar-refractivity contribution < 1.29 is 4.79 Å². The van der Waals surface area contributed by atoms with E-state index in [0.29, 0.717) is 0 Å². The number of nitrogens with one attached hydrogen (secondary N) is 1. The van der Waals surface area contributed by atoms with Gasteiger partial charge in [-0.15, -0.1) is 12.4 Å². The summed E-state index contributed by atoms with van der Waals surface area (Å²) in [5, 5.41) is 3.19. The Balaban J connectivity index is 0.00000289. The van der Waals surface area contributed by atoms with Crippen LogP contribution in [0.1, 0.15) is 31.7 Å². The van der Waals surface area contributed by atoms with Gasteiger partial charge in [0.2, 0.25) is 5.91 Å². The molecule has 0 aliphatic heterocycles. The van der Waals surface area contributed by atoms with Gasteiger partial charge in [0.15, 0.2) is 0 Å². The van der Waals surface area contributed by atoms with Gasteiger partial charge in [0, 0.05) is 5.69 Å². The highest BCUT2D eigenvalue weighted by atomic mass is 35.5. The molecule has 0 saturated carbocycles. The number of anilines is 1. The van der Waals surface area contributed by atoms with Gasteiger partial charge in [-0.2, -0.15) is 0 Å². The number of rotatable bonds is 7. The predicted octanol–water partition coefficient (Wildman–Crippen LogP) is 3.21. The molecule has 0 aromatic heterocycles. The van der Waals surface area contributed by atoms with Crippen LogP contribution in [0.3, 0.4) is 0 Å². The fourth-order valence-electron chi connectivity index (χ4n) is 1.69. The molecule has 1 aromatic carbocycles. The number of amides is 1. The molecular weight excluding hydrogens is 248 g/mol. The van der Waals surface area contributed by atoms with Gasteiger partial charge in [0.1, 0.15) is 6.04 Å². The van der Waals surface area contributed by atoms with Gasteiger partial charge < -0.3 is 11.1 Å². The minimum absolute atomic E-state index is 0. The van der Waals surface area contributed by atoms with E-state index in [2.05, 4.69) is 18.8 Å². The van der Waals surface area contributed by atoms with Gasteiger partial charge in [-0.1, -0.05) is 50.6 Å². The summed E-state index contributed by atoms with van der Waals surface area (Å²) in [6.07, 6.45) is 4.56. The second kappa shape index (κ2) is 8.59. The Hall–Kier alpha value is -1.48. The molecule has 0 radical (unpaired) electrons. The van der Waals surface area contributed by atoms with Crippen LogP contribution >= 0.6 is 12.4 Å². The van der Waals surface area contributed by atoms with Gasteiger partial charge in [-0.3, -0.25) is 4.79 Å². The highest BCUT2D eigenvalue weighted by Crippen LogP contribution is 2.18. The SMILES string of the molecule is C=Cc1ccccc1NC(CCCC)C(N)=O.Cl. The Kier molecular flexibility index (Phi) is 7.88. The van der Waals surface area contributed by atoms with Crippen LogP contribution in [0.2, 0.25) is 0 Å². The molecule has 0 heterocycles. The molecule has 0 saturated heterocycles. The van der Waals surface area contributed by atoms with Crippen LogP contribution in [0.5, 0.6) is 0 Å². The normalized spacial score (nSPS) is 11.2. The molecule has 0 spiro atoms. The van der Waals surface area contributed by atoms with Crippen LogP contribution in [-0.2, 0) is 4.79 Å². The first kappa shape index (κ1) is 16.5. The molecule has 0 bridgehead atoms. The second-order valence-electron chi connectivity index (χ2n) is 4.03. The number of carbonyl (C=O) groups excluding carboxylic acids is 1. The summed E-state index contributed by atoms with van der Waals surface area (Å²) in [5.74, 6) is -0.308. The van der Waals surface area contributed by atoms with E-state index in [4.69, 9.17) is 5.73 Å². The average Bonchev–Trinajstić information content (AvgIpc) is 2.34. The number of hydrogen-bond acceptors (Lipinski definition) is 2. The number of nitrogens with two attached hydrogens (primary N) is 1. The molecule has 1 aromatic rings. The first-order valence-corrected chi connectivity index (χ1v) is 5.96. The van der Waals surface area contributed by atoms with E-state index in [1.54, 1.807) is 6.08 Å². The largest absolute Gasteiger partial charge is 0.373 e. The van der Waals surface area contributed by atoms with E-state index in [0.717, 1.165) is 30.5 Å². The lowest BCUT2D eigenvalue weighted by Gasteiger charge is -2.17. The van der Waals surface area contributed by atoms with E-state index in [1.807, 2.05) is 24.3 Å². The lowest BCUT2D eigenvalue weighted by Crippen LogP contribution is -2.35. The lowest BCUT2D eigenvalue weighted by molar-refractivity contribution is -0.118. The zero-order valence-corrected chi connectivity index (χ0v) is 11.5. The van der Waals surface area contributed by atoms with Crippen molar-refractivity contribution >= 4 is 30.1 Å². The van der Waals surface area contributed by atoms with Crippen molar-refractivity contribution in [3.05, 3.63) is 36.4 Å². The summed E-state index contributed by atoms with van der Waals surface area (Å²) in [6, 6.07) is 7.43. The monoisotopic (exact) mass is 268 g/mol. The number of primary amides is 1. The van der Waals surface area contributed by atoms with Gasteiger partial charge in [-0.05, 0) is 18.1 Å². The van der Waals surface area contributed by atoms with Gasteiger partial charge in [0.05, 0.1) is 0 Å². The molecule has 18 heavy (non-hydrogen) atoms. The molecular formula is C14H21ClN2O. The van der Waals surface area contributed by atoms with E-state index in [9.17, 15) is 4.79 Å². The molecule has 1 rings (SSSR count). The van der Waals surface area contributed by atoms with Crippen molar-refractivity contribution in [2.24, 2.45) is 5.73 Å². The smallest absolute Gasteiger partial charge is 0.239 e. The molecule has 1 unspecified atom stereocenters. The van der Waals surface area contributed by atoms with Gasteiger partial charge in [-0.25, -0.2) is 0 Å². The molecule has 3 N–H and O–H groups in total. The minimum Gasteiger partial charge on any atom is -0.373 e. The van der Waals surface area contributed by atoms with Crippen LogP contribution in [-0.4, -0.2) is 11.9 Å². The van der Waals surface area contributed by atoms with E-state index >= 15 is 0 Å². The molecule has 4 heteroatoms. The quantitative estimate of drug-likeness (QED) is 0.798. The third kappa shape index (κ3) is 4.80. The molecule has 0 fully saturated rings. The maximum Gasteiger partial charge on any atom is 0.239 e. The second-order valence-corrected chi connectivity index (χ2v) is 4.03. The van der Waals surface area contributed by atoms with Crippen molar-refractivity contribution in [3.63, 3.8) is 0 Å². The molecule has 0 aliphatic rings. The Bertz CT molecular complexity index is 393. The number of halogens is 1. The number of para-hydroxylation sites is 1. The zero-order valence-electron chi connectivity index (χ0n) is 10.7. The highest BCUT2D eigenvalue weighted by molar-refractivity contribution is 5.85. The average molecular weight is 269 g/mol.